The predicted octanol–water partition coefficient (Wildman–Crippen LogP) is 4.55. The second kappa shape index (κ2) is 7.29. The lowest BCUT2D eigenvalue weighted by molar-refractivity contribution is 0.269. The van der Waals surface area contributed by atoms with Crippen LogP contribution in [0.15, 0.2) is 0 Å². The lowest BCUT2D eigenvalue weighted by atomic mass is 9.86. The molecule has 2 atom stereocenters. The SMILES string of the molecule is CCCC1CCCC(C#N)(NC2CCCCC2)CC1. The molecule has 2 saturated carbocycles. The third-order valence-electron chi connectivity index (χ3n) is 5.19. The molecular weight excluding hydrogens is 232 g/mol. The van der Waals surface area contributed by atoms with Crippen molar-refractivity contribution in [1.82, 2.24) is 5.32 Å². The molecule has 0 radical (unpaired) electrons. The number of rotatable bonds is 4. The van der Waals surface area contributed by atoms with Gasteiger partial charge in [0.15, 0.2) is 0 Å². The lowest BCUT2D eigenvalue weighted by Gasteiger charge is -2.34. The maximum absolute atomic E-state index is 9.70. The second-order valence-corrected chi connectivity index (χ2v) is 6.76. The van der Waals surface area contributed by atoms with E-state index in [-0.39, 0.29) is 5.54 Å². The Labute approximate surface area is 119 Å². The van der Waals surface area contributed by atoms with Crippen LogP contribution in [0.4, 0.5) is 0 Å². The van der Waals surface area contributed by atoms with E-state index in [4.69, 9.17) is 0 Å². The van der Waals surface area contributed by atoms with E-state index < -0.39 is 0 Å². The van der Waals surface area contributed by atoms with E-state index >= 15 is 0 Å². The molecule has 2 rings (SSSR count). The number of nitriles is 1. The van der Waals surface area contributed by atoms with Crippen molar-refractivity contribution in [2.75, 3.05) is 0 Å². The molecule has 2 unspecified atom stereocenters. The molecule has 19 heavy (non-hydrogen) atoms. The summed E-state index contributed by atoms with van der Waals surface area (Å²) < 4.78 is 0. The van der Waals surface area contributed by atoms with E-state index in [0.29, 0.717) is 6.04 Å². The quantitative estimate of drug-likeness (QED) is 0.754. The third kappa shape index (κ3) is 4.21. The Bertz CT molecular complexity index is 301. The van der Waals surface area contributed by atoms with E-state index in [1.807, 2.05) is 0 Å². The van der Waals surface area contributed by atoms with Crippen LogP contribution in [-0.4, -0.2) is 11.6 Å². The van der Waals surface area contributed by atoms with Crippen LogP contribution in [0.25, 0.3) is 0 Å². The van der Waals surface area contributed by atoms with E-state index in [1.54, 1.807) is 0 Å². The van der Waals surface area contributed by atoms with Gasteiger partial charge in [-0.2, -0.15) is 5.26 Å². The van der Waals surface area contributed by atoms with Crippen molar-refractivity contribution in [2.24, 2.45) is 5.92 Å². The van der Waals surface area contributed by atoms with Gasteiger partial charge >= 0.3 is 0 Å². The molecule has 2 aliphatic carbocycles. The molecule has 2 heteroatoms. The van der Waals surface area contributed by atoms with Crippen molar-refractivity contribution in [1.29, 1.82) is 5.26 Å². The Morgan fingerprint density at radius 2 is 1.84 bits per heavy atom. The van der Waals surface area contributed by atoms with Crippen LogP contribution in [0.3, 0.4) is 0 Å². The Hall–Kier alpha value is -0.550. The van der Waals surface area contributed by atoms with Gasteiger partial charge in [0.1, 0.15) is 5.54 Å². The summed E-state index contributed by atoms with van der Waals surface area (Å²) in [6.45, 7) is 2.28. The molecule has 0 spiro atoms. The van der Waals surface area contributed by atoms with Gasteiger partial charge in [-0.1, -0.05) is 51.9 Å². The first-order chi connectivity index (χ1) is 9.28. The van der Waals surface area contributed by atoms with Crippen LogP contribution in [-0.2, 0) is 0 Å². The Balaban J connectivity index is 1.91. The fourth-order valence-corrected chi connectivity index (χ4v) is 4.04. The monoisotopic (exact) mass is 262 g/mol. The summed E-state index contributed by atoms with van der Waals surface area (Å²) in [6, 6.07) is 3.26. The van der Waals surface area contributed by atoms with Crippen molar-refractivity contribution >= 4 is 0 Å². The van der Waals surface area contributed by atoms with E-state index in [2.05, 4.69) is 18.3 Å². The average Bonchev–Trinajstić information content (AvgIpc) is 2.64. The van der Waals surface area contributed by atoms with Crippen molar-refractivity contribution in [3.8, 4) is 6.07 Å². The molecule has 2 fully saturated rings. The van der Waals surface area contributed by atoms with Crippen LogP contribution in [0.2, 0.25) is 0 Å². The average molecular weight is 262 g/mol. The van der Waals surface area contributed by atoms with Gasteiger partial charge in [0.2, 0.25) is 0 Å². The van der Waals surface area contributed by atoms with E-state index in [1.165, 1.54) is 64.2 Å². The van der Waals surface area contributed by atoms with Gasteiger partial charge in [0.25, 0.3) is 0 Å². The molecule has 108 valence electrons. The highest BCUT2D eigenvalue weighted by Crippen LogP contribution is 2.33. The van der Waals surface area contributed by atoms with Crippen LogP contribution < -0.4 is 5.32 Å². The molecule has 0 aromatic carbocycles. The summed E-state index contributed by atoms with van der Waals surface area (Å²) in [5.41, 5.74) is -0.204. The van der Waals surface area contributed by atoms with Crippen molar-refractivity contribution in [3.05, 3.63) is 0 Å². The second-order valence-electron chi connectivity index (χ2n) is 6.76. The molecular formula is C17H30N2. The molecule has 0 aromatic heterocycles. The number of nitrogens with zero attached hydrogens (tertiary/aromatic N) is 1. The van der Waals surface area contributed by atoms with Crippen molar-refractivity contribution < 1.29 is 0 Å². The van der Waals surface area contributed by atoms with Gasteiger partial charge in [-0.25, -0.2) is 0 Å². The normalized spacial score (nSPS) is 33.6. The largest absolute Gasteiger partial charge is 0.297 e. The molecule has 1 N–H and O–H groups in total. The number of hydrogen-bond acceptors (Lipinski definition) is 2. The van der Waals surface area contributed by atoms with Gasteiger partial charge in [0, 0.05) is 6.04 Å². The molecule has 0 saturated heterocycles. The standard InChI is InChI=1S/C17H30N2/c1-2-7-15-8-6-12-17(14-18,13-11-15)19-16-9-4-3-5-10-16/h15-16,19H,2-13H2,1H3. The molecule has 2 aliphatic rings. The zero-order valence-corrected chi connectivity index (χ0v) is 12.6. The molecule has 0 aromatic rings. The summed E-state index contributed by atoms with van der Waals surface area (Å²) in [7, 11) is 0. The number of nitrogens with one attached hydrogen (secondary N) is 1. The summed E-state index contributed by atoms with van der Waals surface area (Å²) in [5, 5.41) is 13.5. The summed E-state index contributed by atoms with van der Waals surface area (Å²) >= 11 is 0. The Morgan fingerprint density at radius 1 is 1.05 bits per heavy atom. The van der Waals surface area contributed by atoms with Crippen LogP contribution in [0, 0.1) is 17.2 Å². The molecule has 0 aliphatic heterocycles. The number of hydrogen-bond donors (Lipinski definition) is 1. The minimum absolute atomic E-state index is 0.204. The summed E-state index contributed by atoms with van der Waals surface area (Å²) in [6.07, 6.45) is 15.2. The highest BCUT2D eigenvalue weighted by Gasteiger charge is 2.35. The fourth-order valence-electron chi connectivity index (χ4n) is 4.04. The van der Waals surface area contributed by atoms with Gasteiger partial charge in [-0.15, -0.1) is 0 Å². The van der Waals surface area contributed by atoms with Gasteiger partial charge in [-0.05, 0) is 38.0 Å². The van der Waals surface area contributed by atoms with E-state index in [9.17, 15) is 5.26 Å². The molecule has 2 nitrogen and oxygen atoms in total. The zero-order valence-electron chi connectivity index (χ0n) is 12.6. The first kappa shape index (κ1) is 14.9. The third-order valence-corrected chi connectivity index (χ3v) is 5.19. The van der Waals surface area contributed by atoms with Crippen LogP contribution in [0.5, 0.6) is 0 Å². The minimum atomic E-state index is -0.204. The van der Waals surface area contributed by atoms with Crippen LogP contribution >= 0.6 is 0 Å². The summed E-state index contributed by atoms with van der Waals surface area (Å²) in [4.78, 5) is 0. The molecule has 0 heterocycles. The minimum Gasteiger partial charge on any atom is -0.297 e. The fraction of sp³-hybridized carbons (Fsp3) is 0.941. The molecule has 0 amide bonds. The van der Waals surface area contributed by atoms with E-state index in [0.717, 1.165) is 18.8 Å². The topological polar surface area (TPSA) is 35.8 Å². The molecule has 0 bridgehead atoms. The smallest absolute Gasteiger partial charge is 0.106 e. The highest BCUT2D eigenvalue weighted by atomic mass is 15.0. The van der Waals surface area contributed by atoms with Gasteiger partial charge in [0.05, 0.1) is 6.07 Å². The maximum atomic E-state index is 9.70. The predicted molar refractivity (Wildman–Crippen MR) is 79.8 cm³/mol. The highest BCUT2D eigenvalue weighted by molar-refractivity contribution is 5.09. The van der Waals surface area contributed by atoms with Gasteiger partial charge < -0.3 is 0 Å². The van der Waals surface area contributed by atoms with Crippen molar-refractivity contribution in [3.63, 3.8) is 0 Å². The summed E-state index contributed by atoms with van der Waals surface area (Å²) in [5.74, 6) is 0.869. The van der Waals surface area contributed by atoms with Crippen molar-refractivity contribution in [2.45, 2.75) is 95.6 Å². The lowest BCUT2D eigenvalue weighted by Crippen LogP contribution is -2.49. The Morgan fingerprint density at radius 3 is 2.53 bits per heavy atom. The van der Waals surface area contributed by atoms with Gasteiger partial charge in [-0.3, -0.25) is 5.32 Å². The first-order valence-corrected chi connectivity index (χ1v) is 8.47. The maximum Gasteiger partial charge on any atom is 0.106 e. The Kier molecular flexibility index (Phi) is 5.70. The zero-order chi connectivity index (χ0) is 13.6. The first-order valence-electron chi connectivity index (χ1n) is 8.47. The van der Waals surface area contributed by atoms with Crippen LogP contribution in [0.1, 0.15) is 84.0 Å².